The van der Waals surface area contributed by atoms with Gasteiger partial charge < -0.3 is 4.42 Å². The first kappa shape index (κ1) is 46.9. The lowest BCUT2D eigenvalue weighted by molar-refractivity contribution is 0.668. The van der Waals surface area contributed by atoms with Crippen LogP contribution in [0.4, 0.5) is 0 Å². The van der Waals surface area contributed by atoms with E-state index >= 15 is 0 Å². The molecular weight excluding hydrogens is 959 g/mol. The van der Waals surface area contributed by atoms with Crippen LogP contribution in [0.2, 0.25) is 0 Å². The molecule has 0 aliphatic rings. The van der Waals surface area contributed by atoms with Crippen LogP contribution in [0, 0.1) is 0 Å². The number of pyridine rings is 3. The molecule has 4 nitrogen and oxygen atoms in total. The number of benzene rings is 10. The van der Waals surface area contributed by atoms with Crippen LogP contribution in [0.3, 0.4) is 0 Å². The molecule has 0 fully saturated rings. The third-order valence-corrected chi connectivity index (χ3v) is 15.1. The molecule has 0 spiro atoms. The number of furan rings is 1. The van der Waals surface area contributed by atoms with Crippen molar-refractivity contribution < 1.29 is 4.42 Å². The van der Waals surface area contributed by atoms with Gasteiger partial charge >= 0.3 is 0 Å². The molecule has 0 saturated heterocycles. The second-order valence-electron chi connectivity index (χ2n) is 19.9. The molecular formula is C75H49N3O. The normalized spacial score (nSPS) is 11.3. The lowest BCUT2D eigenvalue weighted by Gasteiger charge is -2.19. The summed E-state index contributed by atoms with van der Waals surface area (Å²) in [5.74, 6) is 0. The smallest absolute Gasteiger partial charge is 0.153 e. The summed E-state index contributed by atoms with van der Waals surface area (Å²) in [5.41, 5.74) is 26.8. The van der Waals surface area contributed by atoms with Gasteiger partial charge in [-0.1, -0.05) is 212 Å². The van der Waals surface area contributed by atoms with Crippen molar-refractivity contribution in [3.8, 4) is 123 Å². The number of fused-ring (bicyclic) bond motifs is 3. The third-order valence-electron chi connectivity index (χ3n) is 15.1. The first-order valence-electron chi connectivity index (χ1n) is 26.7. The highest BCUT2D eigenvalue weighted by molar-refractivity contribution is 6.03. The maximum absolute atomic E-state index is 6.22. The van der Waals surface area contributed by atoms with E-state index in [0.29, 0.717) is 0 Å². The van der Waals surface area contributed by atoms with E-state index in [4.69, 9.17) is 9.40 Å². The Morgan fingerprint density at radius 3 is 1.32 bits per heavy atom. The summed E-state index contributed by atoms with van der Waals surface area (Å²) in [6.07, 6.45) is 5.58. The topological polar surface area (TPSA) is 51.8 Å². The summed E-state index contributed by atoms with van der Waals surface area (Å²) in [6, 6.07) is 100.0. The number of hydrogen-bond donors (Lipinski definition) is 0. The fraction of sp³-hybridized carbons (Fsp3) is 0. The predicted molar refractivity (Wildman–Crippen MR) is 327 cm³/mol. The largest absolute Gasteiger partial charge is 0.454 e. The molecule has 0 saturated carbocycles. The molecule has 10 aromatic carbocycles. The summed E-state index contributed by atoms with van der Waals surface area (Å²) >= 11 is 0. The molecule has 0 atom stereocenters. The molecule has 4 aromatic heterocycles. The van der Waals surface area contributed by atoms with Gasteiger partial charge in [-0.25, -0.2) is 4.98 Å². The fourth-order valence-electron chi connectivity index (χ4n) is 11.2. The molecule has 0 unspecified atom stereocenters. The van der Waals surface area contributed by atoms with E-state index in [2.05, 4.69) is 247 Å². The summed E-state index contributed by atoms with van der Waals surface area (Å²) in [5, 5.41) is 1.01. The average Bonchev–Trinajstić information content (AvgIpc) is 4.00. The van der Waals surface area contributed by atoms with E-state index in [-0.39, 0.29) is 0 Å². The van der Waals surface area contributed by atoms with Gasteiger partial charge in [0.25, 0.3) is 0 Å². The van der Waals surface area contributed by atoms with Gasteiger partial charge in [0.2, 0.25) is 0 Å². The number of rotatable bonds is 11. The Morgan fingerprint density at radius 1 is 0.241 bits per heavy atom. The van der Waals surface area contributed by atoms with Gasteiger partial charge in [-0.3, -0.25) is 9.97 Å². The van der Waals surface area contributed by atoms with Crippen LogP contribution in [-0.4, -0.2) is 15.0 Å². The van der Waals surface area contributed by atoms with E-state index < -0.39 is 0 Å². The van der Waals surface area contributed by atoms with Crippen molar-refractivity contribution in [2.75, 3.05) is 0 Å². The Hall–Kier alpha value is -10.6. The average molecular weight is 1010 g/mol. The standard InChI is InChI=1S/C75H49N3O/c1-2-15-50(16-3-1)51-27-33-55(34-28-51)70-48-57(72-41-42-74-75(78-72)69-24-10-11-26-73(69)79-74)39-40-68(70)67-23-9-8-22-66(67)61-46-59(64-20-6-4-18-62(64)53-31-29-52(30-32-53)58-17-14-43-76-49-58)45-60(47-61)65-21-7-5-19-63(65)54-35-37-56(38-36-54)71-25-12-13-44-77-71/h1-49H. The van der Waals surface area contributed by atoms with Crippen LogP contribution in [0.25, 0.3) is 145 Å². The van der Waals surface area contributed by atoms with E-state index in [1.54, 1.807) is 0 Å². The highest BCUT2D eigenvalue weighted by atomic mass is 16.3. The molecule has 0 radical (unpaired) electrons. The second-order valence-corrected chi connectivity index (χ2v) is 19.9. The zero-order chi connectivity index (χ0) is 52.5. The molecule has 4 heteroatoms. The minimum absolute atomic E-state index is 0.774. The quantitative estimate of drug-likeness (QED) is 0.130. The fourth-order valence-corrected chi connectivity index (χ4v) is 11.2. The van der Waals surface area contributed by atoms with Crippen LogP contribution < -0.4 is 0 Å². The van der Waals surface area contributed by atoms with Crippen LogP contribution in [-0.2, 0) is 0 Å². The van der Waals surface area contributed by atoms with Gasteiger partial charge in [0.1, 0.15) is 11.1 Å². The van der Waals surface area contributed by atoms with E-state index in [0.717, 1.165) is 134 Å². The van der Waals surface area contributed by atoms with Crippen molar-refractivity contribution in [2.45, 2.75) is 0 Å². The molecule has 0 aliphatic carbocycles. The molecule has 0 bridgehead atoms. The van der Waals surface area contributed by atoms with E-state index in [9.17, 15) is 0 Å². The maximum Gasteiger partial charge on any atom is 0.153 e. The Kier molecular flexibility index (Phi) is 12.2. The lowest BCUT2D eigenvalue weighted by Crippen LogP contribution is -1.94. The van der Waals surface area contributed by atoms with Crippen molar-refractivity contribution in [3.05, 3.63) is 298 Å². The number of nitrogens with zero attached hydrogens (tertiary/aromatic N) is 3. The van der Waals surface area contributed by atoms with Crippen molar-refractivity contribution in [3.63, 3.8) is 0 Å². The van der Waals surface area contributed by atoms with Gasteiger partial charge in [-0.05, 0) is 167 Å². The Morgan fingerprint density at radius 2 is 0.709 bits per heavy atom. The number of hydrogen-bond acceptors (Lipinski definition) is 4. The summed E-state index contributed by atoms with van der Waals surface area (Å²) in [6.45, 7) is 0. The summed E-state index contributed by atoms with van der Waals surface area (Å²) < 4.78 is 6.22. The summed E-state index contributed by atoms with van der Waals surface area (Å²) in [7, 11) is 0. The van der Waals surface area contributed by atoms with Crippen molar-refractivity contribution in [1.29, 1.82) is 0 Å². The molecule has 0 N–H and O–H groups in total. The number of aromatic nitrogens is 3. The second kappa shape index (κ2) is 20.5. The maximum atomic E-state index is 6.22. The molecule has 4 heterocycles. The van der Waals surface area contributed by atoms with Crippen LogP contribution in [0.5, 0.6) is 0 Å². The molecule has 370 valence electrons. The minimum Gasteiger partial charge on any atom is -0.454 e. The first-order valence-corrected chi connectivity index (χ1v) is 26.7. The van der Waals surface area contributed by atoms with Crippen molar-refractivity contribution >= 4 is 22.1 Å². The van der Waals surface area contributed by atoms with Gasteiger partial charge in [0.15, 0.2) is 5.58 Å². The first-order chi connectivity index (χ1) is 39.1. The van der Waals surface area contributed by atoms with Gasteiger partial charge in [-0.15, -0.1) is 0 Å². The Labute approximate surface area is 459 Å². The Balaban J connectivity index is 0.945. The number of para-hydroxylation sites is 1. The monoisotopic (exact) mass is 1010 g/mol. The van der Waals surface area contributed by atoms with Crippen LogP contribution in [0.15, 0.2) is 302 Å². The van der Waals surface area contributed by atoms with E-state index in [1.807, 2.05) is 61.1 Å². The van der Waals surface area contributed by atoms with Crippen molar-refractivity contribution in [1.82, 2.24) is 15.0 Å². The van der Waals surface area contributed by atoms with Crippen molar-refractivity contribution in [2.24, 2.45) is 0 Å². The highest BCUT2D eigenvalue weighted by Gasteiger charge is 2.20. The molecule has 79 heavy (non-hydrogen) atoms. The van der Waals surface area contributed by atoms with Gasteiger partial charge in [0, 0.05) is 35.1 Å². The SMILES string of the molecule is c1ccc(-c2ccc(-c3cc(-c4ccc5oc6ccccc6c5n4)ccc3-c3ccccc3-c3cc(-c4ccccc4-c4ccc(-c5cccnc5)cc4)cc(-c4ccccc4-c4ccc(-c5ccccn5)cc4)c3)cc2)cc1. The minimum atomic E-state index is 0.774. The highest BCUT2D eigenvalue weighted by Crippen LogP contribution is 2.45. The van der Waals surface area contributed by atoms with Gasteiger partial charge in [-0.2, -0.15) is 0 Å². The molecule has 0 aliphatic heterocycles. The molecule has 14 aromatic rings. The van der Waals surface area contributed by atoms with E-state index in [1.165, 1.54) is 11.1 Å². The lowest BCUT2D eigenvalue weighted by atomic mass is 9.84. The van der Waals surface area contributed by atoms with Crippen LogP contribution >= 0.6 is 0 Å². The Bertz CT molecular complexity index is 4350. The zero-order valence-corrected chi connectivity index (χ0v) is 43.0. The third kappa shape index (κ3) is 9.18. The van der Waals surface area contributed by atoms with Crippen LogP contribution in [0.1, 0.15) is 0 Å². The summed E-state index contributed by atoms with van der Waals surface area (Å²) in [4.78, 5) is 14.3. The van der Waals surface area contributed by atoms with Gasteiger partial charge in [0.05, 0.1) is 11.4 Å². The molecule has 0 amide bonds. The zero-order valence-electron chi connectivity index (χ0n) is 43.0. The predicted octanol–water partition coefficient (Wildman–Crippen LogP) is 20.1. The molecule has 14 rings (SSSR count).